The molecule has 0 radical (unpaired) electrons. The SMILES string of the molecule is COc1ccc(OC)c(NC(=O)CN2C(=O)C[C@@H](c3ccc(OC)c(OC)c3)Sc3ccccc32)c1. The summed E-state index contributed by atoms with van der Waals surface area (Å²) in [5, 5.41) is 2.69. The molecule has 9 heteroatoms. The molecule has 36 heavy (non-hydrogen) atoms. The van der Waals surface area contributed by atoms with E-state index in [9.17, 15) is 9.59 Å². The third-order valence-corrected chi connectivity index (χ3v) is 7.17. The Labute approximate surface area is 214 Å². The first-order chi connectivity index (χ1) is 17.5. The van der Waals surface area contributed by atoms with Gasteiger partial charge in [0.2, 0.25) is 11.8 Å². The van der Waals surface area contributed by atoms with Gasteiger partial charge in [-0.1, -0.05) is 18.2 Å². The fourth-order valence-corrected chi connectivity index (χ4v) is 5.31. The van der Waals surface area contributed by atoms with E-state index in [1.807, 2.05) is 42.5 Å². The summed E-state index contributed by atoms with van der Waals surface area (Å²) in [5.74, 6) is 1.80. The highest BCUT2D eigenvalue weighted by Crippen LogP contribution is 2.46. The number of ether oxygens (including phenoxy) is 4. The molecule has 0 bridgehead atoms. The molecule has 0 aromatic heterocycles. The summed E-state index contributed by atoms with van der Waals surface area (Å²) in [6, 6.07) is 18.4. The molecule has 0 unspecified atom stereocenters. The van der Waals surface area contributed by atoms with Crippen molar-refractivity contribution in [3.63, 3.8) is 0 Å². The van der Waals surface area contributed by atoms with Gasteiger partial charge in [-0.2, -0.15) is 0 Å². The summed E-state index contributed by atoms with van der Waals surface area (Å²) < 4.78 is 21.4. The fourth-order valence-electron chi connectivity index (χ4n) is 4.04. The van der Waals surface area contributed by atoms with Gasteiger partial charge in [-0.15, -0.1) is 11.8 Å². The third kappa shape index (κ3) is 5.36. The Morgan fingerprint density at radius 1 is 0.917 bits per heavy atom. The number of fused-ring (bicyclic) bond motifs is 1. The van der Waals surface area contributed by atoms with Gasteiger partial charge in [0.15, 0.2) is 11.5 Å². The molecule has 1 aliphatic heterocycles. The number of benzene rings is 3. The maximum absolute atomic E-state index is 13.5. The van der Waals surface area contributed by atoms with Gasteiger partial charge in [0.05, 0.1) is 39.8 Å². The van der Waals surface area contributed by atoms with Gasteiger partial charge < -0.3 is 29.2 Å². The predicted octanol–water partition coefficient (Wildman–Crippen LogP) is 4.93. The molecule has 1 N–H and O–H groups in total. The lowest BCUT2D eigenvalue weighted by Crippen LogP contribution is -2.38. The molecule has 0 saturated carbocycles. The Hall–Kier alpha value is -3.85. The highest BCUT2D eigenvalue weighted by molar-refractivity contribution is 7.99. The lowest BCUT2D eigenvalue weighted by molar-refractivity contribution is -0.121. The van der Waals surface area contributed by atoms with Crippen molar-refractivity contribution in [2.75, 3.05) is 45.2 Å². The first-order valence-corrected chi connectivity index (χ1v) is 12.1. The summed E-state index contributed by atoms with van der Waals surface area (Å²) in [6.07, 6.45) is 0.213. The Bertz CT molecular complexity index is 1260. The van der Waals surface area contributed by atoms with Crippen LogP contribution in [0.5, 0.6) is 23.0 Å². The zero-order chi connectivity index (χ0) is 25.7. The topological polar surface area (TPSA) is 86.3 Å². The van der Waals surface area contributed by atoms with Crippen LogP contribution in [0, 0.1) is 0 Å². The number of anilines is 2. The average Bonchev–Trinajstić information content (AvgIpc) is 3.04. The van der Waals surface area contributed by atoms with E-state index < -0.39 is 0 Å². The van der Waals surface area contributed by atoms with Crippen molar-refractivity contribution in [1.29, 1.82) is 0 Å². The van der Waals surface area contributed by atoms with Crippen molar-refractivity contribution in [3.05, 3.63) is 66.2 Å². The van der Waals surface area contributed by atoms with Gasteiger partial charge >= 0.3 is 0 Å². The van der Waals surface area contributed by atoms with Crippen LogP contribution >= 0.6 is 11.8 Å². The Kier molecular flexibility index (Phi) is 7.90. The maximum atomic E-state index is 13.5. The highest BCUT2D eigenvalue weighted by Gasteiger charge is 2.31. The second kappa shape index (κ2) is 11.3. The van der Waals surface area contributed by atoms with Crippen LogP contribution in [0.4, 0.5) is 11.4 Å². The Balaban J connectivity index is 1.60. The summed E-state index contributed by atoms with van der Waals surface area (Å²) in [5.41, 5.74) is 2.10. The summed E-state index contributed by atoms with van der Waals surface area (Å²) in [4.78, 5) is 29.0. The van der Waals surface area contributed by atoms with E-state index in [1.165, 1.54) is 12.0 Å². The highest BCUT2D eigenvalue weighted by atomic mass is 32.2. The second-order valence-corrected chi connectivity index (χ2v) is 9.23. The van der Waals surface area contributed by atoms with Crippen molar-refractivity contribution in [2.45, 2.75) is 16.6 Å². The maximum Gasteiger partial charge on any atom is 0.244 e. The van der Waals surface area contributed by atoms with Crippen LogP contribution in [-0.2, 0) is 9.59 Å². The molecule has 3 aromatic carbocycles. The van der Waals surface area contributed by atoms with Crippen LogP contribution in [-0.4, -0.2) is 46.8 Å². The number of nitrogens with zero attached hydrogens (tertiary/aromatic N) is 1. The molecule has 1 atom stereocenters. The fraction of sp³-hybridized carbons (Fsp3) is 0.259. The van der Waals surface area contributed by atoms with Crippen molar-refractivity contribution >= 4 is 35.0 Å². The molecule has 1 heterocycles. The van der Waals surface area contributed by atoms with Gasteiger partial charge in [-0.05, 0) is 42.0 Å². The van der Waals surface area contributed by atoms with E-state index in [0.717, 1.165) is 10.5 Å². The van der Waals surface area contributed by atoms with E-state index in [4.69, 9.17) is 18.9 Å². The number of amides is 2. The molecular weight excluding hydrogens is 480 g/mol. The average molecular weight is 509 g/mol. The Morgan fingerprint density at radius 2 is 1.64 bits per heavy atom. The van der Waals surface area contributed by atoms with Gasteiger partial charge in [0.1, 0.15) is 18.0 Å². The number of nitrogens with one attached hydrogen (secondary N) is 1. The minimum atomic E-state index is -0.348. The van der Waals surface area contributed by atoms with Crippen molar-refractivity contribution in [1.82, 2.24) is 0 Å². The Morgan fingerprint density at radius 3 is 2.36 bits per heavy atom. The number of para-hydroxylation sites is 1. The van der Waals surface area contributed by atoms with E-state index in [-0.39, 0.29) is 30.0 Å². The molecule has 0 saturated heterocycles. The molecule has 4 rings (SSSR count). The van der Waals surface area contributed by atoms with E-state index in [0.29, 0.717) is 34.4 Å². The molecule has 3 aromatic rings. The molecule has 188 valence electrons. The van der Waals surface area contributed by atoms with Gasteiger partial charge in [-0.3, -0.25) is 9.59 Å². The molecular formula is C27H28N2O6S. The number of carbonyl (C=O) groups excluding carboxylic acids is 2. The molecule has 0 fully saturated rings. The second-order valence-electron chi connectivity index (χ2n) is 7.99. The van der Waals surface area contributed by atoms with Crippen LogP contribution in [0.1, 0.15) is 17.2 Å². The van der Waals surface area contributed by atoms with Crippen molar-refractivity contribution < 1.29 is 28.5 Å². The summed E-state index contributed by atoms with van der Waals surface area (Å²) in [6.45, 7) is -0.143. The van der Waals surface area contributed by atoms with Crippen molar-refractivity contribution in [2.24, 2.45) is 0 Å². The monoisotopic (exact) mass is 508 g/mol. The van der Waals surface area contributed by atoms with Crippen molar-refractivity contribution in [3.8, 4) is 23.0 Å². The molecule has 1 aliphatic rings. The van der Waals surface area contributed by atoms with Crippen LogP contribution in [0.25, 0.3) is 0 Å². The van der Waals surface area contributed by atoms with E-state index in [2.05, 4.69) is 5.32 Å². The number of methoxy groups -OCH3 is 4. The van der Waals surface area contributed by atoms with Gasteiger partial charge in [0.25, 0.3) is 0 Å². The lowest BCUT2D eigenvalue weighted by Gasteiger charge is -2.22. The summed E-state index contributed by atoms with van der Waals surface area (Å²) in [7, 11) is 6.24. The molecule has 8 nitrogen and oxygen atoms in total. The smallest absolute Gasteiger partial charge is 0.244 e. The number of rotatable bonds is 8. The van der Waals surface area contributed by atoms with Gasteiger partial charge in [-0.25, -0.2) is 0 Å². The normalized spacial score (nSPS) is 14.9. The lowest BCUT2D eigenvalue weighted by atomic mass is 10.1. The number of carbonyl (C=O) groups is 2. The van der Waals surface area contributed by atoms with E-state index >= 15 is 0 Å². The number of hydrogen-bond donors (Lipinski definition) is 1. The molecule has 2 amide bonds. The first kappa shape index (κ1) is 25.2. The van der Waals surface area contributed by atoms with Gasteiger partial charge in [0, 0.05) is 22.6 Å². The minimum Gasteiger partial charge on any atom is -0.497 e. The quantitative estimate of drug-likeness (QED) is 0.462. The van der Waals surface area contributed by atoms with Crippen LogP contribution in [0.15, 0.2) is 65.6 Å². The van der Waals surface area contributed by atoms with Crippen LogP contribution in [0.3, 0.4) is 0 Å². The molecule has 0 spiro atoms. The summed E-state index contributed by atoms with van der Waals surface area (Å²) >= 11 is 1.59. The third-order valence-electron chi connectivity index (χ3n) is 5.85. The number of hydrogen-bond acceptors (Lipinski definition) is 7. The zero-order valence-electron chi connectivity index (χ0n) is 20.6. The predicted molar refractivity (Wildman–Crippen MR) is 140 cm³/mol. The largest absolute Gasteiger partial charge is 0.497 e. The number of thioether (sulfide) groups is 1. The van der Waals surface area contributed by atoms with E-state index in [1.54, 1.807) is 51.3 Å². The first-order valence-electron chi connectivity index (χ1n) is 11.3. The molecule has 0 aliphatic carbocycles. The van der Waals surface area contributed by atoms with Crippen LogP contribution in [0.2, 0.25) is 0 Å². The standard InChI is InChI=1S/C27H28N2O6S/c1-32-18-10-12-21(33-2)19(14-18)28-26(30)16-29-20-7-5-6-8-24(20)36-25(15-27(29)31)17-9-11-22(34-3)23(13-17)35-4/h5-14,25H,15-16H2,1-4H3,(H,28,30)/t25-/m0/s1. The minimum absolute atomic E-state index is 0.143. The zero-order valence-corrected chi connectivity index (χ0v) is 21.4. The van der Waals surface area contributed by atoms with Crippen LogP contribution < -0.4 is 29.2 Å².